The number of carbonyl (C=O) groups excluding carboxylic acids is 2. The number of allylic oxidation sites excluding steroid dienone is 2. The molecule has 5 rings (SSSR count). The van der Waals surface area contributed by atoms with Gasteiger partial charge in [0.2, 0.25) is 5.79 Å². The van der Waals surface area contributed by atoms with Crippen molar-refractivity contribution in [1.82, 2.24) is 0 Å². The third-order valence-electron chi connectivity index (χ3n) is 10.3. The Kier molecular flexibility index (Phi) is 13.5. The number of hydrogen-bond donors (Lipinski definition) is 0. The Labute approximate surface area is 330 Å². The van der Waals surface area contributed by atoms with Crippen molar-refractivity contribution in [3.05, 3.63) is 124 Å². The molecule has 1 aliphatic heterocycles. The van der Waals surface area contributed by atoms with Crippen molar-refractivity contribution in [1.29, 1.82) is 0 Å². The van der Waals surface area contributed by atoms with Gasteiger partial charge in [0, 0.05) is 19.8 Å². The summed E-state index contributed by atoms with van der Waals surface area (Å²) in [6.07, 6.45) is 8.54. The van der Waals surface area contributed by atoms with E-state index in [0.717, 1.165) is 30.6 Å². The molecule has 0 bridgehead atoms. The molecule has 1 aliphatic carbocycles. The molecule has 3 aromatic carbocycles. The Morgan fingerprint density at radius 3 is 2.15 bits per heavy atom. The molecule has 0 saturated heterocycles. The van der Waals surface area contributed by atoms with Crippen LogP contribution < -0.4 is 15.1 Å². The van der Waals surface area contributed by atoms with Gasteiger partial charge in [0.1, 0.15) is 17.6 Å². The molecule has 0 N–H and O–H groups in total. The van der Waals surface area contributed by atoms with Crippen molar-refractivity contribution >= 4 is 53.2 Å². The van der Waals surface area contributed by atoms with Crippen molar-refractivity contribution in [2.45, 2.75) is 90.8 Å². The van der Waals surface area contributed by atoms with Crippen molar-refractivity contribution in [3.63, 3.8) is 0 Å². The Hall–Kier alpha value is -3.67. The molecule has 7 nitrogen and oxygen atoms in total. The fourth-order valence-corrected chi connectivity index (χ4v) is 12.7. The molecule has 1 saturated carbocycles. The SMILES string of the molecule is COC(=O)CC1=C(/C=C/[C@@H](Oc2ccc(CO[Si](c3ccccc3)(c3ccccc3)C(C)(C)C)cc2)[C@@H]2CC[C@@H](C)C[C@H]2/C=C/I)OC(C)(C)OC1=O. The first kappa shape index (κ1) is 40.5. The summed E-state index contributed by atoms with van der Waals surface area (Å²) in [5.41, 5.74) is 1.18. The van der Waals surface area contributed by atoms with E-state index >= 15 is 0 Å². The molecule has 53 heavy (non-hydrogen) atoms. The number of esters is 2. The zero-order valence-electron chi connectivity index (χ0n) is 32.0. The number of halogens is 1. The van der Waals surface area contributed by atoms with Gasteiger partial charge in [0.05, 0.1) is 25.7 Å². The second-order valence-corrected chi connectivity index (χ2v) is 20.6. The molecule has 1 heterocycles. The van der Waals surface area contributed by atoms with Gasteiger partial charge >= 0.3 is 11.9 Å². The molecule has 4 atom stereocenters. The van der Waals surface area contributed by atoms with Crippen LogP contribution in [0.3, 0.4) is 0 Å². The number of carbonyl (C=O) groups is 2. The highest BCUT2D eigenvalue weighted by molar-refractivity contribution is 14.1. The highest BCUT2D eigenvalue weighted by Crippen LogP contribution is 2.40. The lowest BCUT2D eigenvalue weighted by molar-refractivity contribution is -0.206. The number of cyclic esters (lactones) is 1. The Morgan fingerprint density at radius 1 is 0.962 bits per heavy atom. The van der Waals surface area contributed by atoms with Gasteiger partial charge in [-0.25, -0.2) is 4.79 Å². The number of methoxy groups -OCH3 is 1. The minimum absolute atomic E-state index is 0.123. The van der Waals surface area contributed by atoms with Crippen LogP contribution in [0.15, 0.2) is 119 Å². The second-order valence-electron chi connectivity index (χ2n) is 15.6. The maximum absolute atomic E-state index is 13.0. The molecule has 1 fully saturated rings. The third kappa shape index (κ3) is 9.91. The van der Waals surface area contributed by atoms with Crippen LogP contribution in [0.2, 0.25) is 5.04 Å². The first-order valence-corrected chi connectivity index (χ1v) is 21.6. The molecule has 0 aromatic heterocycles. The van der Waals surface area contributed by atoms with Gasteiger partial charge in [-0.15, -0.1) is 0 Å². The van der Waals surface area contributed by atoms with Crippen molar-refractivity contribution in [2.24, 2.45) is 17.8 Å². The van der Waals surface area contributed by atoms with E-state index in [0.29, 0.717) is 18.4 Å². The van der Waals surface area contributed by atoms with E-state index in [1.807, 2.05) is 18.2 Å². The quantitative estimate of drug-likeness (QED) is 0.0965. The zero-order chi connectivity index (χ0) is 38.2. The van der Waals surface area contributed by atoms with E-state index in [2.05, 4.69) is 133 Å². The molecule has 3 aromatic rings. The molecule has 0 spiro atoms. The van der Waals surface area contributed by atoms with Crippen molar-refractivity contribution in [3.8, 4) is 5.75 Å². The fraction of sp³-hybridized carbons (Fsp3) is 0.409. The predicted octanol–water partition coefficient (Wildman–Crippen LogP) is 9.19. The Morgan fingerprint density at radius 2 is 1.58 bits per heavy atom. The summed E-state index contributed by atoms with van der Waals surface area (Å²) < 4.78 is 32.5. The van der Waals surface area contributed by atoms with Gasteiger partial charge in [-0.1, -0.05) is 136 Å². The van der Waals surface area contributed by atoms with E-state index in [1.165, 1.54) is 17.5 Å². The van der Waals surface area contributed by atoms with Crippen molar-refractivity contribution in [2.75, 3.05) is 7.11 Å². The minimum atomic E-state index is -2.70. The minimum Gasteiger partial charge on any atom is -0.486 e. The van der Waals surface area contributed by atoms with E-state index in [4.69, 9.17) is 23.4 Å². The first-order valence-electron chi connectivity index (χ1n) is 18.4. The molecule has 282 valence electrons. The monoisotopic (exact) mass is 848 g/mol. The summed E-state index contributed by atoms with van der Waals surface area (Å²) in [7, 11) is -1.41. The first-order chi connectivity index (χ1) is 25.3. The lowest BCUT2D eigenvalue weighted by Crippen LogP contribution is -2.66. The summed E-state index contributed by atoms with van der Waals surface area (Å²) in [6, 6.07) is 29.5. The van der Waals surface area contributed by atoms with Gasteiger partial charge in [-0.2, -0.15) is 0 Å². The Bertz CT molecular complexity index is 1740. The van der Waals surface area contributed by atoms with Crippen molar-refractivity contribution < 1.29 is 33.0 Å². The van der Waals surface area contributed by atoms with E-state index in [1.54, 1.807) is 19.9 Å². The van der Waals surface area contributed by atoms with Crippen LogP contribution in [0, 0.1) is 17.8 Å². The summed E-state index contributed by atoms with van der Waals surface area (Å²) >= 11 is 2.29. The summed E-state index contributed by atoms with van der Waals surface area (Å²) in [4.78, 5) is 25.2. The highest BCUT2D eigenvalue weighted by atomic mass is 127. The third-order valence-corrected chi connectivity index (χ3v) is 15.6. The van der Waals surface area contributed by atoms with E-state index < -0.39 is 26.0 Å². The van der Waals surface area contributed by atoms with Gasteiger partial charge in [0.25, 0.3) is 8.32 Å². The number of ether oxygens (including phenoxy) is 4. The number of hydrogen-bond acceptors (Lipinski definition) is 7. The van der Waals surface area contributed by atoms with E-state index in [9.17, 15) is 9.59 Å². The van der Waals surface area contributed by atoms with Gasteiger partial charge in [0.15, 0.2) is 0 Å². The second kappa shape index (κ2) is 17.6. The molecule has 0 radical (unpaired) electrons. The van der Waals surface area contributed by atoms with Crippen LogP contribution in [0.5, 0.6) is 5.75 Å². The van der Waals surface area contributed by atoms with E-state index in [-0.39, 0.29) is 34.8 Å². The average Bonchev–Trinajstić information content (AvgIpc) is 3.12. The van der Waals surface area contributed by atoms with Crippen LogP contribution in [0.1, 0.15) is 72.8 Å². The molecular weight excluding hydrogens is 795 g/mol. The van der Waals surface area contributed by atoms with Crippen LogP contribution >= 0.6 is 22.6 Å². The molecule has 9 heteroatoms. The lowest BCUT2D eigenvalue weighted by atomic mass is 9.72. The van der Waals surface area contributed by atoms with Gasteiger partial charge < -0.3 is 23.4 Å². The fourth-order valence-electron chi connectivity index (χ4n) is 7.64. The average molecular weight is 849 g/mol. The standard InChI is InChI=1S/C44H53IO7Si/c1-31-18-23-37(33(28-31)26-27-45)39(24-25-40-38(29-41(46)48-7)42(47)52-44(5,6)51-40)50-34-21-19-32(20-22-34)30-49-53(43(2,3)4,35-14-10-8-11-15-35)36-16-12-9-13-17-36/h8-17,19-22,24-27,31,33,37,39H,18,23,28-30H2,1-7H3/b25-24+,27-26+/t31-,33-,37-,39-/m1/s1. The van der Waals surface area contributed by atoms with Crippen LogP contribution in [0.25, 0.3) is 0 Å². The topological polar surface area (TPSA) is 80.3 Å². The number of rotatable bonds is 13. The zero-order valence-corrected chi connectivity index (χ0v) is 35.1. The van der Waals surface area contributed by atoms with Gasteiger partial charge in [-0.05, 0) is 74.0 Å². The number of benzene rings is 3. The van der Waals surface area contributed by atoms with Crippen LogP contribution in [-0.4, -0.2) is 39.3 Å². The molecular formula is C44H53IO7Si. The molecule has 2 aliphatic rings. The molecule has 0 unspecified atom stereocenters. The molecule has 0 amide bonds. The van der Waals surface area contributed by atoms with Crippen LogP contribution in [0.4, 0.5) is 0 Å². The van der Waals surface area contributed by atoms with Gasteiger partial charge in [-0.3, -0.25) is 4.79 Å². The predicted molar refractivity (Wildman–Crippen MR) is 220 cm³/mol. The maximum Gasteiger partial charge on any atom is 0.341 e. The maximum atomic E-state index is 13.0. The lowest BCUT2D eigenvalue weighted by Gasteiger charge is -2.43. The highest BCUT2D eigenvalue weighted by Gasteiger charge is 2.50. The Balaban J connectivity index is 1.45. The summed E-state index contributed by atoms with van der Waals surface area (Å²) in [5.74, 6) is -0.227. The smallest absolute Gasteiger partial charge is 0.341 e. The summed E-state index contributed by atoms with van der Waals surface area (Å²) in [5, 5.41) is 2.36. The van der Waals surface area contributed by atoms with Crippen LogP contribution in [-0.2, 0) is 34.8 Å². The normalized spacial score (nSPS) is 21.3. The largest absolute Gasteiger partial charge is 0.486 e. The summed E-state index contributed by atoms with van der Waals surface area (Å²) in [6.45, 7) is 13.0.